The number of fused-ring (bicyclic) bond motifs is 2. The monoisotopic (exact) mass is 625 g/mol. The van der Waals surface area contributed by atoms with Gasteiger partial charge in [0.15, 0.2) is 0 Å². The molecule has 1 aliphatic carbocycles. The summed E-state index contributed by atoms with van der Waals surface area (Å²) in [5.74, 6) is -0.569. The smallest absolute Gasteiger partial charge is 0.377 e. The fraction of sp³-hybridized carbons (Fsp3) is 0.270. The first kappa shape index (κ1) is 32.6. The zero-order valence-corrected chi connectivity index (χ0v) is 25.9. The van der Waals surface area contributed by atoms with E-state index in [0.29, 0.717) is 18.7 Å². The average molecular weight is 626 g/mol. The summed E-state index contributed by atoms with van der Waals surface area (Å²) >= 11 is 0. The highest BCUT2D eigenvalue weighted by molar-refractivity contribution is 5.93. The lowest BCUT2D eigenvalue weighted by atomic mass is 10.0. The van der Waals surface area contributed by atoms with Gasteiger partial charge in [0, 0.05) is 48.8 Å². The summed E-state index contributed by atoms with van der Waals surface area (Å²) in [5.41, 5.74) is 3.15. The molecule has 0 spiro atoms. The van der Waals surface area contributed by atoms with Gasteiger partial charge in [0.05, 0.1) is 16.4 Å². The number of allylic oxidation sites excluding steroid dienone is 5. The lowest BCUT2D eigenvalue weighted by Crippen LogP contribution is -2.33. The number of carbonyl (C=O) groups is 1. The van der Waals surface area contributed by atoms with E-state index in [-0.39, 0.29) is 5.70 Å². The predicted molar refractivity (Wildman–Crippen MR) is 178 cm³/mol. The lowest BCUT2D eigenvalue weighted by molar-refractivity contribution is -0.115. The molecule has 0 bridgehead atoms. The second kappa shape index (κ2) is 15.0. The summed E-state index contributed by atoms with van der Waals surface area (Å²) in [7, 11) is 2.02. The predicted octanol–water partition coefficient (Wildman–Crippen LogP) is 5.44. The van der Waals surface area contributed by atoms with E-state index in [4.69, 9.17) is 0 Å². The van der Waals surface area contributed by atoms with Gasteiger partial charge in [-0.05, 0) is 105 Å². The molecule has 0 atom stereocenters. The van der Waals surface area contributed by atoms with Gasteiger partial charge in [-0.25, -0.2) is 0 Å². The summed E-state index contributed by atoms with van der Waals surface area (Å²) in [6, 6.07) is 12.1. The third kappa shape index (κ3) is 9.14. The molecule has 1 aliphatic heterocycles. The zero-order valence-electron chi connectivity index (χ0n) is 25.9. The first-order valence-electron chi connectivity index (χ1n) is 15.4. The quantitative estimate of drug-likeness (QED) is 0.267. The largest absolute Gasteiger partial charge is 0.417 e. The van der Waals surface area contributed by atoms with Crippen LogP contribution in [-0.2, 0) is 11.2 Å². The van der Waals surface area contributed by atoms with Crippen LogP contribution in [0.5, 0.6) is 0 Å². The standard InChI is InChI=1S/C37H38F3N5O/c1-3-33(23-32(37(38,39)40)26-45-18-6-16-44(2)17-7-19-45)43-36(46)15-12-28-21-31-13-10-27(11-14-35(31)41-24-28)20-29-22-30-8-4-5-9-34(30)42-25-29/h3-5,8-9,11-15,21-26H,1,6-7,10,16-20H2,2H3,(H,43,46)/b15-12-,32-26-,33-23+. The number of pyridine rings is 2. The van der Waals surface area contributed by atoms with E-state index in [0.717, 1.165) is 78.1 Å². The first-order chi connectivity index (χ1) is 22.2. The molecule has 1 saturated heterocycles. The topological polar surface area (TPSA) is 61.4 Å². The van der Waals surface area contributed by atoms with Gasteiger partial charge in [0.2, 0.25) is 5.91 Å². The van der Waals surface area contributed by atoms with Gasteiger partial charge in [-0.2, -0.15) is 13.2 Å². The van der Waals surface area contributed by atoms with Crippen LogP contribution in [0.4, 0.5) is 13.2 Å². The van der Waals surface area contributed by atoms with Gasteiger partial charge in [-0.3, -0.25) is 14.8 Å². The number of alkyl halides is 3. The molecule has 238 valence electrons. The van der Waals surface area contributed by atoms with Gasteiger partial charge in [0.25, 0.3) is 0 Å². The summed E-state index contributed by atoms with van der Waals surface area (Å²) < 4.78 is 41.9. The van der Waals surface area contributed by atoms with Gasteiger partial charge < -0.3 is 15.1 Å². The molecule has 1 aromatic carbocycles. The van der Waals surface area contributed by atoms with Crippen LogP contribution >= 0.6 is 0 Å². The normalized spacial score (nSPS) is 16.9. The summed E-state index contributed by atoms with van der Waals surface area (Å²) in [6.45, 7) is 6.33. The molecule has 9 heteroatoms. The molecule has 0 radical (unpaired) electrons. The van der Waals surface area contributed by atoms with E-state index >= 15 is 0 Å². The third-order valence-electron chi connectivity index (χ3n) is 7.95. The second-order valence-corrected chi connectivity index (χ2v) is 11.6. The van der Waals surface area contributed by atoms with E-state index in [1.54, 1.807) is 17.2 Å². The third-order valence-corrected chi connectivity index (χ3v) is 7.95. The highest BCUT2D eigenvalue weighted by Crippen LogP contribution is 2.28. The Morgan fingerprint density at radius 2 is 1.83 bits per heavy atom. The number of hydrogen-bond acceptors (Lipinski definition) is 5. The van der Waals surface area contributed by atoms with Crippen molar-refractivity contribution in [1.82, 2.24) is 25.1 Å². The summed E-state index contributed by atoms with van der Waals surface area (Å²) in [4.78, 5) is 25.7. The van der Waals surface area contributed by atoms with E-state index in [9.17, 15) is 18.0 Å². The van der Waals surface area contributed by atoms with E-state index in [1.807, 2.05) is 43.6 Å². The van der Waals surface area contributed by atoms with E-state index in [2.05, 4.69) is 51.0 Å². The average Bonchev–Trinajstić information content (AvgIpc) is 3.23. The number of amides is 1. The van der Waals surface area contributed by atoms with Crippen molar-refractivity contribution in [3.05, 3.63) is 124 Å². The number of nitrogens with one attached hydrogen (secondary N) is 1. The maximum Gasteiger partial charge on any atom is 0.417 e. The van der Waals surface area contributed by atoms with Crippen LogP contribution in [0.3, 0.4) is 0 Å². The van der Waals surface area contributed by atoms with Crippen molar-refractivity contribution in [1.29, 1.82) is 0 Å². The van der Waals surface area contributed by atoms with Crippen molar-refractivity contribution in [3.8, 4) is 0 Å². The van der Waals surface area contributed by atoms with Crippen molar-refractivity contribution < 1.29 is 18.0 Å². The Morgan fingerprint density at radius 1 is 1.04 bits per heavy atom. The van der Waals surface area contributed by atoms with Crippen molar-refractivity contribution in [2.24, 2.45) is 0 Å². The molecule has 2 aromatic heterocycles. The van der Waals surface area contributed by atoms with Gasteiger partial charge in [-0.1, -0.05) is 42.5 Å². The Morgan fingerprint density at radius 3 is 2.59 bits per heavy atom. The van der Waals surface area contributed by atoms with Crippen LogP contribution in [0.25, 0.3) is 29.1 Å². The number of nitrogens with zero attached hydrogens (tertiary/aromatic N) is 4. The first-order valence-corrected chi connectivity index (χ1v) is 15.4. The molecule has 5 rings (SSSR count). The number of aromatic nitrogens is 2. The fourth-order valence-electron chi connectivity index (χ4n) is 5.51. The number of para-hydroxylation sites is 1. The van der Waals surface area contributed by atoms with Gasteiger partial charge in [0.1, 0.15) is 0 Å². The molecule has 3 aromatic rings. The van der Waals surface area contributed by atoms with Gasteiger partial charge in [-0.15, -0.1) is 0 Å². The van der Waals surface area contributed by atoms with Crippen molar-refractivity contribution >= 4 is 35.0 Å². The molecule has 0 unspecified atom stereocenters. The molecule has 2 aliphatic rings. The van der Waals surface area contributed by atoms with Crippen LogP contribution < -0.4 is 15.9 Å². The molecular weight excluding hydrogens is 587 g/mol. The molecular formula is C37H38F3N5O. The fourth-order valence-corrected chi connectivity index (χ4v) is 5.51. The van der Waals surface area contributed by atoms with Gasteiger partial charge >= 0.3 is 6.18 Å². The molecule has 1 N–H and O–H groups in total. The zero-order chi connectivity index (χ0) is 32.5. The van der Waals surface area contributed by atoms with Crippen molar-refractivity contribution in [3.63, 3.8) is 0 Å². The number of halogens is 3. The number of benzene rings is 1. The summed E-state index contributed by atoms with van der Waals surface area (Å²) in [6.07, 6.45) is 14.4. The van der Waals surface area contributed by atoms with Crippen LogP contribution in [0.15, 0.2) is 103 Å². The SMILES string of the molecule is C=C/C(=C\C(=C\N1CCCN(C)CCC1)C(F)(F)F)NC(=O)/C=C\c1cnc2c(c1)=CCC(Cc1cnc3ccccc3c1)=CC=2. The Kier molecular flexibility index (Phi) is 10.6. The molecule has 46 heavy (non-hydrogen) atoms. The number of carbonyl (C=O) groups excluding carboxylic acids is 1. The van der Waals surface area contributed by atoms with Crippen LogP contribution in [-0.4, -0.2) is 65.1 Å². The minimum atomic E-state index is -4.59. The number of hydrogen-bond donors (Lipinski definition) is 1. The highest BCUT2D eigenvalue weighted by atomic mass is 19.4. The maximum absolute atomic E-state index is 14.0. The molecule has 3 heterocycles. The van der Waals surface area contributed by atoms with Crippen LogP contribution in [0.2, 0.25) is 0 Å². The second-order valence-electron chi connectivity index (χ2n) is 11.6. The molecule has 0 saturated carbocycles. The van der Waals surface area contributed by atoms with Crippen LogP contribution in [0, 0.1) is 0 Å². The molecule has 1 amide bonds. The lowest BCUT2D eigenvalue weighted by Gasteiger charge is -2.28. The van der Waals surface area contributed by atoms with E-state index < -0.39 is 17.7 Å². The molecule has 6 nitrogen and oxygen atoms in total. The minimum Gasteiger partial charge on any atom is -0.377 e. The Bertz CT molecular complexity index is 1830. The molecule has 1 fully saturated rings. The Hall–Kier alpha value is -4.76. The highest BCUT2D eigenvalue weighted by Gasteiger charge is 2.33. The van der Waals surface area contributed by atoms with Crippen LogP contribution in [0.1, 0.15) is 30.4 Å². The van der Waals surface area contributed by atoms with Crippen molar-refractivity contribution in [2.45, 2.75) is 31.9 Å². The van der Waals surface area contributed by atoms with Crippen molar-refractivity contribution in [2.75, 3.05) is 33.2 Å². The Balaban J connectivity index is 1.24. The maximum atomic E-state index is 14.0. The Labute approximate surface area is 267 Å². The van der Waals surface area contributed by atoms with E-state index in [1.165, 1.54) is 17.7 Å². The minimum absolute atomic E-state index is 0.0341. The summed E-state index contributed by atoms with van der Waals surface area (Å²) in [5, 5.41) is 5.39. The number of rotatable bonds is 8.